The Bertz CT molecular complexity index is 576. The molecule has 7 heteroatoms. The van der Waals surface area contributed by atoms with Gasteiger partial charge in [-0.1, -0.05) is 57.4 Å². The van der Waals surface area contributed by atoms with Gasteiger partial charge in [0.05, 0.1) is 5.56 Å². The highest BCUT2D eigenvalue weighted by Gasteiger charge is 2.18. The number of carbonyl (C=O) groups excluding carboxylic acids is 1. The quantitative estimate of drug-likeness (QED) is 0.511. The Balaban J connectivity index is 1.76. The minimum absolute atomic E-state index is 0.105. The number of hydrogen-bond acceptors (Lipinski definition) is 4. The van der Waals surface area contributed by atoms with Gasteiger partial charge in [0.2, 0.25) is 0 Å². The number of thioether (sulfide) groups is 1. The predicted molar refractivity (Wildman–Crippen MR) is 111 cm³/mol. The number of amides is 1. The first-order valence-corrected chi connectivity index (χ1v) is 11.2. The van der Waals surface area contributed by atoms with E-state index in [9.17, 15) is 19.2 Å². The summed E-state index contributed by atoms with van der Waals surface area (Å²) in [6.45, 7) is 0.478. The molecule has 150 valence electrons. The summed E-state index contributed by atoms with van der Waals surface area (Å²) in [5, 5.41) is 21.7. The van der Waals surface area contributed by atoms with Crippen molar-refractivity contribution in [2.45, 2.75) is 69.5 Å². The molecule has 1 amide bonds. The molecule has 0 aliphatic heterocycles. The second-order valence-corrected chi connectivity index (χ2v) is 8.68. The van der Waals surface area contributed by atoms with Gasteiger partial charge in [0.15, 0.2) is 0 Å². The first kappa shape index (κ1) is 22.2. The van der Waals surface area contributed by atoms with Gasteiger partial charge in [-0.05, 0) is 30.4 Å². The molecule has 1 aromatic carbocycles. The van der Waals surface area contributed by atoms with E-state index in [1.54, 1.807) is 0 Å². The van der Waals surface area contributed by atoms with Crippen LogP contribution in [0, 0.1) is 5.82 Å². The van der Waals surface area contributed by atoms with Gasteiger partial charge in [-0.15, -0.1) is 0 Å². The number of nitrogens with one attached hydrogen (secondary N) is 1. The maximum absolute atomic E-state index is 13.8. The first-order valence-electron chi connectivity index (χ1n) is 10.1. The molecular formula is C20H31BFNO3S. The van der Waals surface area contributed by atoms with E-state index in [0.29, 0.717) is 11.8 Å². The van der Waals surface area contributed by atoms with E-state index in [0.717, 1.165) is 11.8 Å². The van der Waals surface area contributed by atoms with Crippen molar-refractivity contribution >= 4 is 30.3 Å². The van der Waals surface area contributed by atoms with Gasteiger partial charge in [0.1, 0.15) is 5.82 Å². The SMILES string of the molecule is O=C(NCCSC1CCCCCCCCCC1)c1cc(B(O)O)ccc1F. The Kier molecular flexibility index (Phi) is 10.2. The summed E-state index contributed by atoms with van der Waals surface area (Å²) in [6, 6.07) is 3.53. The van der Waals surface area contributed by atoms with E-state index in [-0.39, 0.29) is 11.0 Å². The molecule has 27 heavy (non-hydrogen) atoms. The van der Waals surface area contributed by atoms with Crippen LogP contribution in [0.2, 0.25) is 0 Å². The minimum atomic E-state index is -1.72. The fourth-order valence-electron chi connectivity index (χ4n) is 3.48. The summed E-state index contributed by atoms with van der Waals surface area (Å²) in [5.74, 6) is -0.369. The zero-order chi connectivity index (χ0) is 19.5. The second-order valence-electron chi connectivity index (χ2n) is 7.27. The molecule has 4 nitrogen and oxygen atoms in total. The Morgan fingerprint density at radius 2 is 1.67 bits per heavy atom. The topological polar surface area (TPSA) is 69.6 Å². The predicted octanol–water partition coefficient (Wildman–Crippen LogP) is 3.25. The first-order chi connectivity index (χ1) is 13.1. The molecule has 1 aliphatic carbocycles. The third kappa shape index (κ3) is 8.24. The fraction of sp³-hybridized carbons (Fsp3) is 0.650. The zero-order valence-electron chi connectivity index (χ0n) is 16.0. The van der Waals surface area contributed by atoms with Crippen LogP contribution >= 0.6 is 11.8 Å². The molecule has 0 saturated heterocycles. The smallest absolute Gasteiger partial charge is 0.423 e. The zero-order valence-corrected chi connectivity index (χ0v) is 16.8. The highest BCUT2D eigenvalue weighted by atomic mass is 32.2. The minimum Gasteiger partial charge on any atom is -0.423 e. The third-order valence-corrected chi connectivity index (χ3v) is 6.46. The van der Waals surface area contributed by atoms with Gasteiger partial charge in [0.25, 0.3) is 5.91 Å². The van der Waals surface area contributed by atoms with Crippen LogP contribution in [0.15, 0.2) is 18.2 Å². The van der Waals surface area contributed by atoms with E-state index in [2.05, 4.69) is 5.32 Å². The standard InChI is InChI=1S/C20H31BFNO3S/c22-19-12-11-16(21(25)26)15-18(19)20(24)23-13-14-27-17-9-7-5-3-1-2-4-6-8-10-17/h11-12,15,17,25-26H,1-10,13-14H2,(H,23,24). The van der Waals surface area contributed by atoms with Crippen LogP contribution < -0.4 is 10.8 Å². The van der Waals surface area contributed by atoms with Crippen LogP contribution in [0.1, 0.15) is 74.6 Å². The molecule has 0 radical (unpaired) electrons. The van der Waals surface area contributed by atoms with Crippen molar-refractivity contribution in [1.82, 2.24) is 5.32 Å². The molecule has 0 heterocycles. The number of rotatable bonds is 6. The van der Waals surface area contributed by atoms with E-state index in [1.165, 1.54) is 76.3 Å². The normalized spacial score (nSPS) is 17.1. The third-order valence-electron chi connectivity index (χ3n) is 5.08. The summed E-state index contributed by atoms with van der Waals surface area (Å²) in [4.78, 5) is 12.2. The van der Waals surface area contributed by atoms with Crippen LogP contribution in [-0.4, -0.2) is 40.6 Å². The van der Waals surface area contributed by atoms with Crippen molar-refractivity contribution in [3.05, 3.63) is 29.6 Å². The highest BCUT2D eigenvalue weighted by molar-refractivity contribution is 7.99. The molecule has 3 N–H and O–H groups in total. The van der Waals surface area contributed by atoms with Crippen LogP contribution in [0.4, 0.5) is 4.39 Å². The largest absolute Gasteiger partial charge is 0.488 e. The van der Waals surface area contributed by atoms with Crippen LogP contribution in [0.3, 0.4) is 0 Å². The summed E-state index contributed by atoms with van der Waals surface area (Å²) in [5.41, 5.74) is -0.0473. The van der Waals surface area contributed by atoms with Crippen LogP contribution in [-0.2, 0) is 0 Å². The fourth-order valence-corrected chi connectivity index (χ4v) is 4.70. The molecule has 0 unspecified atom stereocenters. The maximum atomic E-state index is 13.8. The molecule has 1 saturated carbocycles. The van der Waals surface area contributed by atoms with Crippen molar-refractivity contribution in [2.24, 2.45) is 0 Å². The van der Waals surface area contributed by atoms with E-state index in [4.69, 9.17) is 0 Å². The molecule has 1 fully saturated rings. The number of hydrogen-bond donors (Lipinski definition) is 3. The van der Waals surface area contributed by atoms with Gasteiger partial charge >= 0.3 is 7.12 Å². The number of halogens is 1. The Morgan fingerprint density at radius 1 is 1.07 bits per heavy atom. The van der Waals surface area contributed by atoms with E-state index in [1.807, 2.05) is 11.8 Å². The average Bonchev–Trinajstić information content (AvgIpc) is 2.71. The molecule has 0 aromatic heterocycles. The summed E-state index contributed by atoms with van der Waals surface area (Å²) in [6.07, 6.45) is 13.1. The Hall–Kier alpha value is -1.05. The average molecular weight is 395 g/mol. The molecule has 2 rings (SSSR count). The maximum Gasteiger partial charge on any atom is 0.488 e. The van der Waals surface area contributed by atoms with Gasteiger partial charge in [-0.25, -0.2) is 4.39 Å². The van der Waals surface area contributed by atoms with Crippen molar-refractivity contribution in [1.29, 1.82) is 0 Å². The molecule has 1 aliphatic rings. The lowest BCUT2D eigenvalue weighted by Crippen LogP contribution is -2.33. The van der Waals surface area contributed by atoms with E-state index < -0.39 is 18.8 Å². The van der Waals surface area contributed by atoms with Gasteiger partial charge < -0.3 is 15.4 Å². The molecular weight excluding hydrogens is 364 g/mol. The van der Waals surface area contributed by atoms with E-state index >= 15 is 0 Å². The van der Waals surface area contributed by atoms with Crippen LogP contribution in [0.25, 0.3) is 0 Å². The van der Waals surface area contributed by atoms with Crippen molar-refractivity contribution in [3.8, 4) is 0 Å². The van der Waals surface area contributed by atoms with Crippen molar-refractivity contribution in [3.63, 3.8) is 0 Å². The van der Waals surface area contributed by atoms with Crippen molar-refractivity contribution < 1.29 is 19.2 Å². The Morgan fingerprint density at radius 3 is 2.26 bits per heavy atom. The second kappa shape index (κ2) is 12.4. The monoisotopic (exact) mass is 395 g/mol. The summed E-state index contributed by atoms with van der Waals surface area (Å²) in [7, 11) is -1.72. The highest BCUT2D eigenvalue weighted by Crippen LogP contribution is 2.25. The van der Waals surface area contributed by atoms with Crippen LogP contribution in [0.5, 0.6) is 0 Å². The Labute approximate surface area is 166 Å². The van der Waals surface area contributed by atoms with Gasteiger partial charge in [0, 0.05) is 17.5 Å². The summed E-state index contributed by atoms with van der Waals surface area (Å²) >= 11 is 1.90. The lowest BCUT2D eigenvalue weighted by Gasteiger charge is -2.16. The number of benzene rings is 1. The van der Waals surface area contributed by atoms with Gasteiger partial charge in [-0.3, -0.25) is 4.79 Å². The lowest BCUT2D eigenvalue weighted by atomic mass is 9.79. The van der Waals surface area contributed by atoms with Gasteiger partial charge in [-0.2, -0.15) is 11.8 Å². The number of carbonyl (C=O) groups is 1. The molecule has 0 atom stereocenters. The molecule has 1 aromatic rings. The summed E-state index contributed by atoms with van der Waals surface area (Å²) < 4.78 is 13.8. The molecule has 0 spiro atoms. The lowest BCUT2D eigenvalue weighted by molar-refractivity contribution is 0.0952. The van der Waals surface area contributed by atoms with Crippen molar-refractivity contribution in [2.75, 3.05) is 12.3 Å². The molecule has 0 bridgehead atoms.